The summed E-state index contributed by atoms with van der Waals surface area (Å²) in [5.41, 5.74) is 0. The molecule has 0 aliphatic carbocycles. The van der Waals surface area contributed by atoms with Gasteiger partial charge in [-0.1, -0.05) is 0 Å². The van der Waals surface area contributed by atoms with Crippen LogP contribution in [0.15, 0.2) is 9.98 Å². The molecule has 0 atom stereocenters. The zero-order chi connectivity index (χ0) is 7.40. The molecule has 1 rings (SSSR count). The van der Waals surface area contributed by atoms with Crippen LogP contribution in [0, 0.1) is 0 Å². The molecule has 0 amide bonds. The van der Waals surface area contributed by atoms with Gasteiger partial charge in [0, 0.05) is 18.4 Å². The Kier molecular flexibility index (Phi) is 3.31. The normalized spacial score (nSPS) is 10.2. The quantitative estimate of drug-likeness (QED) is 0.846. The van der Waals surface area contributed by atoms with Crippen molar-refractivity contribution in [2.75, 3.05) is 6.61 Å². The fourth-order valence-corrected chi connectivity index (χ4v) is 1.94. The second-order valence-electron chi connectivity index (χ2n) is 1.89. The monoisotopic (exact) mass is 221 g/mol. The minimum Gasteiger partial charge on any atom is -0.396 e. The Bertz CT molecular complexity index is 201. The van der Waals surface area contributed by atoms with Crippen LogP contribution >= 0.6 is 27.3 Å². The summed E-state index contributed by atoms with van der Waals surface area (Å²) >= 11 is 4.88. The number of halogens is 1. The minimum absolute atomic E-state index is 0.247. The largest absolute Gasteiger partial charge is 0.396 e. The van der Waals surface area contributed by atoms with E-state index in [9.17, 15) is 0 Å². The number of thiazole rings is 1. The number of aliphatic hydroxyl groups excluding tert-OH is 1. The number of aryl methyl sites for hydroxylation is 1. The number of aliphatic hydroxyl groups is 1. The van der Waals surface area contributed by atoms with Crippen LogP contribution in [0.2, 0.25) is 0 Å². The van der Waals surface area contributed by atoms with Crippen LogP contribution in [-0.4, -0.2) is 16.7 Å². The lowest BCUT2D eigenvalue weighted by molar-refractivity contribution is 0.288. The third kappa shape index (κ3) is 2.36. The maximum Gasteiger partial charge on any atom is 0.117 e. The average molecular weight is 222 g/mol. The molecule has 10 heavy (non-hydrogen) atoms. The first-order valence-electron chi connectivity index (χ1n) is 3.03. The van der Waals surface area contributed by atoms with Crippen molar-refractivity contribution in [3.05, 3.63) is 15.0 Å². The minimum atomic E-state index is 0.247. The first-order chi connectivity index (χ1) is 4.83. The highest BCUT2D eigenvalue weighted by atomic mass is 79.9. The van der Waals surface area contributed by atoms with Gasteiger partial charge in [-0.3, -0.25) is 0 Å². The number of hydrogen-bond acceptors (Lipinski definition) is 3. The molecule has 56 valence electrons. The SMILES string of the molecule is OCCCc1nc(Br)cs1. The molecular formula is C6H8BrNOS. The van der Waals surface area contributed by atoms with Gasteiger partial charge in [-0.05, 0) is 22.4 Å². The standard InChI is InChI=1S/C6H8BrNOS/c7-5-4-10-6(8-5)2-1-3-9/h4,9H,1-3H2. The van der Waals surface area contributed by atoms with E-state index in [0.717, 1.165) is 22.5 Å². The van der Waals surface area contributed by atoms with Gasteiger partial charge in [-0.2, -0.15) is 0 Å². The predicted octanol–water partition coefficient (Wildman–Crippen LogP) is 1.83. The van der Waals surface area contributed by atoms with Crippen LogP contribution in [0.4, 0.5) is 0 Å². The van der Waals surface area contributed by atoms with Gasteiger partial charge >= 0.3 is 0 Å². The third-order valence-corrected chi connectivity index (χ3v) is 2.69. The van der Waals surface area contributed by atoms with E-state index in [0.29, 0.717) is 0 Å². The molecule has 2 nitrogen and oxygen atoms in total. The average Bonchev–Trinajstić information content (AvgIpc) is 2.31. The fourth-order valence-electron chi connectivity index (χ4n) is 0.634. The van der Waals surface area contributed by atoms with Crippen LogP contribution in [0.3, 0.4) is 0 Å². The van der Waals surface area contributed by atoms with E-state index < -0.39 is 0 Å². The molecule has 0 aliphatic rings. The summed E-state index contributed by atoms with van der Waals surface area (Å²) in [6.45, 7) is 0.247. The lowest BCUT2D eigenvalue weighted by Gasteiger charge is -1.89. The maximum atomic E-state index is 8.50. The highest BCUT2D eigenvalue weighted by molar-refractivity contribution is 9.10. The molecule has 1 aromatic rings. The molecular weight excluding hydrogens is 214 g/mol. The molecule has 0 spiro atoms. The molecule has 0 aromatic carbocycles. The van der Waals surface area contributed by atoms with Crippen molar-refractivity contribution >= 4 is 27.3 Å². The molecule has 0 saturated carbocycles. The van der Waals surface area contributed by atoms with Crippen molar-refractivity contribution in [1.82, 2.24) is 4.98 Å². The zero-order valence-corrected chi connectivity index (χ0v) is 7.78. The van der Waals surface area contributed by atoms with E-state index in [1.165, 1.54) is 0 Å². The van der Waals surface area contributed by atoms with Gasteiger partial charge in [0.1, 0.15) is 4.60 Å². The van der Waals surface area contributed by atoms with Crippen molar-refractivity contribution < 1.29 is 5.11 Å². The van der Waals surface area contributed by atoms with Gasteiger partial charge in [-0.25, -0.2) is 4.98 Å². The zero-order valence-electron chi connectivity index (χ0n) is 5.38. The van der Waals surface area contributed by atoms with Gasteiger partial charge < -0.3 is 5.11 Å². The topological polar surface area (TPSA) is 33.1 Å². The first kappa shape index (κ1) is 8.17. The molecule has 1 N–H and O–H groups in total. The number of nitrogens with zero attached hydrogens (tertiary/aromatic N) is 1. The Morgan fingerprint density at radius 3 is 3.00 bits per heavy atom. The van der Waals surface area contributed by atoms with E-state index in [4.69, 9.17) is 5.11 Å². The lowest BCUT2D eigenvalue weighted by Crippen LogP contribution is -1.87. The van der Waals surface area contributed by atoms with E-state index in [1.807, 2.05) is 5.38 Å². The Morgan fingerprint density at radius 2 is 2.50 bits per heavy atom. The van der Waals surface area contributed by atoms with Crippen molar-refractivity contribution in [2.24, 2.45) is 0 Å². The summed E-state index contributed by atoms with van der Waals surface area (Å²) in [4.78, 5) is 4.17. The number of rotatable bonds is 3. The summed E-state index contributed by atoms with van der Waals surface area (Å²) in [6, 6.07) is 0. The van der Waals surface area contributed by atoms with Crippen LogP contribution in [0.25, 0.3) is 0 Å². The van der Waals surface area contributed by atoms with E-state index in [2.05, 4.69) is 20.9 Å². The van der Waals surface area contributed by atoms with Crippen molar-refractivity contribution in [2.45, 2.75) is 12.8 Å². The van der Waals surface area contributed by atoms with Gasteiger partial charge in [0.2, 0.25) is 0 Å². The third-order valence-electron chi connectivity index (χ3n) is 1.07. The van der Waals surface area contributed by atoms with E-state index >= 15 is 0 Å². The molecule has 1 heterocycles. The molecule has 1 aromatic heterocycles. The van der Waals surface area contributed by atoms with E-state index in [-0.39, 0.29) is 6.61 Å². The van der Waals surface area contributed by atoms with Gasteiger partial charge in [0.25, 0.3) is 0 Å². The van der Waals surface area contributed by atoms with Crippen LogP contribution < -0.4 is 0 Å². The summed E-state index contributed by atoms with van der Waals surface area (Å²) in [5, 5.41) is 11.5. The summed E-state index contributed by atoms with van der Waals surface area (Å²) < 4.78 is 0.894. The lowest BCUT2D eigenvalue weighted by atomic mass is 10.3. The molecule has 4 heteroatoms. The van der Waals surface area contributed by atoms with E-state index in [1.54, 1.807) is 11.3 Å². The molecule has 0 fully saturated rings. The Balaban J connectivity index is 2.42. The van der Waals surface area contributed by atoms with Crippen LogP contribution in [0.1, 0.15) is 11.4 Å². The van der Waals surface area contributed by atoms with Crippen molar-refractivity contribution in [3.63, 3.8) is 0 Å². The van der Waals surface area contributed by atoms with Crippen molar-refractivity contribution in [3.8, 4) is 0 Å². The maximum absolute atomic E-state index is 8.50. The Labute approximate surface area is 72.0 Å². The second kappa shape index (κ2) is 4.05. The fraction of sp³-hybridized carbons (Fsp3) is 0.500. The van der Waals surface area contributed by atoms with Crippen molar-refractivity contribution in [1.29, 1.82) is 0 Å². The Morgan fingerprint density at radius 1 is 1.70 bits per heavy atom. The molecule has 0 saturated heterocycles. The Hall–Kier alpha value is 0.0700. The second-order valence-corrected chi connectivity index (χ2v) is 3.65. The smallest absolute Gasteiger partial charge is 0.117 e. The van der Waals surface area contributed by atoms with Crippen LogP contribution in [0.5, 0.6) is 0 Å². The summed E-state index contributed by atoms with van der Waals surface area (Å²) in [6.07, 6.45) is 1.69. The molecule has 0 aliphatic heterocycles. The van der Waals surface area contributed by atoms with Gasteiger partial charge in [0.15, 0.2) is 0 Å². The number of aromatic nitrogens is 1. The highest BCUT2D eigenvalue weighted by Gasteiger charge is 1.97. The summed E-state index contributed by atoms with van der Waals surface area (Å²) in [7, 11) is 0. The first-order valence-corrected chi connectivity index (χ1v) is 4.71. The van der Waals surface area contributed by atoms with Crippen LogP contribution in [-0.2, 0) is 6.42 Å². The molecule has 0 bridgehead atoms. The summed E-state index contributed by atoms with van der Waals surface area (Å²) in [5.74, 6) is 0. The molecule has 0 radical (unpaired) electrons. The number of hydrogen-bond donors (Lipinski definition) is 1. The predicted molar refractivity (Wildman–Crippen MR) is 45.2 cm³/mol. The molecule has 0 unspecified atom stereocenters. The highest BCUT2D eigenvalue weighted by Crippen LogP contribution is 2.15. The van der Waals surface area contributed by atoms with Gasteiger partial charge in [0.05, 0.1) is 5.01 Å². The van der Waals surface area contributed by atoms with Gasteiger partial charge in [-0.15, -0.1) is 11.3 Å².